The van der Waals surface area contributed by atoms with E-state index < -0.39 is 5.97 Å². The van der Waals surface area contributed by atoms with Gasteiger partial charge in [0.15, 0.2) is 0 Å². The first-order valence-electron chi connectivity index (χ1n) is 6.57. The van der Waals surface area contributed by atoms with Gasteiger partial charge in [0.25, 0.3) is 0 Å². The molecule has 5 nitrogen and oxygen atoms in total. The Morgan fingerprint density at radius 1 is 1.48 bits per heavy atom. The predicted octanol–water partition coefficient (Wildman–Crippen LogP) is 3.10. The zero-order chi connectivity index (χ0) is 15.2. The third-order valence-corrected chi connectivity index (χ3v) is 4.99. The van der Waals surface area contributed by atoms with Crippen LogP contribution in [-0.4, -0.2) is 22.0 Å². The van der Waals surface area contributed by atoms with Crippen LogP contribution < -0.4 is 5.32 Å². The average Bonchev–Trinajstić information content (AvgIpc) is 3.09. The highest BCUT2D eigenvalue weighted by atomic mass is 32.1. The van der Waals surface area contributed by atoms with Gasteiger partial charge in [-0.3, -0.25) is 4.79 Å². The van der Waals surface area contributed by atoms with E-state index in [4.69, 9.17) is 5.11 Å². The van der Waals surface area contributed by atoms with Gasteiger partial charge in [-0.2, -0.15) is 0 Å². The van der Waals surface area contributed by atoms with Crippen LogP contribution in [0.25, 0.3) is 0 Å². The number of nitrogens with one attached hydrogen (secondary N) is 1. The van der Waals surface area contributed by atoms with Gasteiger partial charge >= 0.3 is 5.97 Å². The minimum Gasteiger partial charge on any atom is -0.477 e. The number of aryl methyl sites for hydroxylation is 1. The molecule has 0 radical (unpaired) electrons. The lowest BCUT2D eigenvalue weighted by Crippen LogP contribution is -2.26. The Balaban J connectivity index is 1.77. The van der Waals surface area contributed by atoms with Crippen LogP contribution >= 0.6 is 22.7 Å². The molecule has 2 aromatic rings. The summed E-state index contributed by atoms with van der Waals surface area (Å²) in [4.78, 5) is 28.1. The van der Waals surface area contributed by atoms with E-state index in [0.717, 1.165) is 24.2 Å². The molecule has 2 heterocycles. The van der Waals surface area contributed by atoms with E-state index in [1.165, 1.54) is 11.1 Å². The summed E-state index contributed by atoms with van der Waals surface area (Å²) in [6.45, 7) is 1.81. The lowest BCUT2D eigenvalue weighted by molar-refractivity contribution is -0.121. The first-order valence-corrected chi connectivity index (χ1v) is 8.26. The smallest absolute Gasteiger partial charge is 0.347 e. The lowest BCUT2D eigenvalue weighted by atomic mass is 10.2. The molecule has 0 aromatic carbocycles. The second-order valence-electron chi connectivity index (χ2n) is 4.59. The monoisotopic (exact) mass is 324 g/mol. The number of aromatic nitrogens is 1. The van der Waals surface area contributed by atoms with Crippen LogP contribution in [0.2, 0.25) is 0 Å². The van der Waals surface area contributed by atoms with Crippen molar-refractivity contribution in [1.29, 1.82) is 0 Å². The van der Waals surface area contributed by atoms with Crippen molar-refractivity contribution in [3.8, 4) is 0 Å². The summed E-state index contributed by atoms with van der Waals surface area (Å²) in [5, 5.41) is 14.3. The number of thiazole rings is 1. The highest BCUT2D eigenvalue weighted by Crippen LogP contribution is 2.20. The van der Waals surface area contributed by atoms with Gasteiger partial charge in [-0.1, -0.05) is 6.07 Å². The number of rotatable bonds is 7. The van der Waals surface area contributed by atoms with Crippen LogP contribution in [-0.2, 0) is 11.2 Å². The molecular weight excluding hydrogens is 308 g/mol. The molecule has 0 saturated heterocycles. The standard InChI is InChI=1S/C14H16N2O3S2/c1-9(13-15-8-11(21-13)14(18)19)16-12(17)6-2-4-10-5-3-7-20-10/h3,5,7-9H,2,4,6H2,1H3,(H,16,17)(H,18,19). The second-order valence-corrected chi connectivity index (χ2v) is 6.68. The molecule has 7 heteroatoms. The van der Waals surface area contributed by atoms with Crippen LogP contribution in [0.15, 0.2) is 23.7 Å². The van der Waals surface area contributed by atoms with E-state index >= 15 is 0 Å². The topological polar surface area (TPSA) is 79.3 Å². The molecule has 2 N–H and O–H groups in total. The lowest BCUT2D eigenvalue weighted by Gasteiger charge is -2.10. The normalized spacial score (nSPS) is 12.0. The number of nitrogens with zero attached hydrogens (tertiary/aromatic N) is 1. The van der Waals surface area contributed by atoms with E-state index in [-0.39, 0.29) is 16.8 Å². The summed E-state index contributed by atoms with van der Waals surface area (Å²) in [5.41, 5.74) is 0. The van der Waals surface area contributed by atoms with Gasteiger partial charge in [-0.05, 0) is 31.2 Å². The summed E-state index contributed by atoms with van der Waals surface area (Å²) < 4.78 is 0. The minimum absolute atomic E-state index is 0.0360. The number of aromatic carboxylic acids is 1. The number of hydrogen-bond donors (Lipinski definition) is 2. The summed E-state index contributed by atoms with van der Waals surface area (Å²) in [6, 6.07) is 3.80. The third kappa shape index (κ3) is 4.64. The largest absolute Gasteiger partial charge is 0.477 e. The van der Waals surface area contributed by atoms with Gasteiger partial charge in [0.05, 0.1) is 12.2 Å². The SMILES string of the molecule is CC(NC(=O)CCCc1cccs1)c1ncc(C(=O)O)s1. The molecule has 0 aliphatic rings. The molecule has 0 aliphatic heterocycles. The molecule has 0 bridgehead atoms. The molecule has 112 valence electrons. The van der Waals surface area contributed by atoms with Gasteiger partial charge in [-0.25, -0.2) is 9.78 Å². The zero-order valence-corrected chi connectivity index (χ0v) is 13.2. The first-order chi connectivity index (χ1) is 10.1. The van der Waals surface area contributed by atoms with Crippen LogP contribution in [0.3, 0.4) is 0 Å². The molecule has 0 spiro atoms. The number of carbonyl (C=O) groups excluding carboxylic acids is 1. The zero-order valence-electron chi connectivity index (χ0n) is 11.5. The van der Waals surface area contributed by atoms with E-state index in [9.17, 15) is 9.59 Å². The van der Waals surface area contributed by atoms with Gasteiger partial charge < -0.3 is 10.4 Å². The predicted molar refractivity (Wildman–Crippen MR) is 82.9 cm³/mol. The first kappa shape index (κ1) is 15.7. The van der Waals surface area contributed by atoms with Crippen molar-refractivity contribution >= 4 is 34.6 Å². The molecule has 1 atom stereocenters. The van der Waals surface area contributed by atoms with Crippen LogP contribution in [0.4, 0.5) is 0 Å². The fourth-order valence-electron chi connectivity index (χ4n) is 1.84. The van der Waals surface area contributed by atoms with E-state index in [0.29, 0.717) is 11.4 Å². The molecule has 21 heavy (non-hydrogen) atoms. The van der Waals surface area contributed by atoms with Crippen molar-refractivity contribution in [2.75, 3.05) is 0 Å². The second kappa shape index (κ2) is 7.33. The van der Waals surface area contributed by atoms with Gasteiger partial charge in [0.2, 0.25) is 5.91 Å². The minimum atomic E-state index is -0.992. The number of carboxylic acids is 1. The van der Waals surface area contributed by atoms with E-state index in [2.05, 4.69) is 16.4 Å². The summed E-state index contributed by atoms with van der Waals surface area (Å²) in [5.74, 6) is -1.03. The Kier molecular flexibility index (Phi) is 5.46. The van der Waals surface area contributed by atoms with Crippen molar-refractivity contribution in [2.24, 2.45) is 0 Å². The van der Waals surface area contributed by atoms with Crippen molar-refractivity contribution in [2.45, 2.75) is 32.2 Å². The fourth-order valence-corrected chi connectivity index (χ4v) is 3.35. The molecule has 1 amide bonds. The van der Waals surface area contributed by atoms with Crippen molar-refractivity contribution in [3.05, 3.63) is 38.5 Å². The molecule has 2 aromatic heterocycles. The highest BCUT2D eigenvalue weighted by Gasteiger charge is 2.15. The van der Waals surface area contributed by atoms with Crippen LogP contribution in [0.5, 0.6) is 0 Å². The molecular formula is C14H16N2O3S2. The maximum absolute atomic E-state index is 11.8. The summed E-state index contributed by atoms with van der Waals surface area (Å²) >= 11 is 2.78. The highest BCUT2D eigenvalue weighted by molar-refractivity contribution is 7.13. The molecule has 2 rings (SSSR count). The summed E-state index contributed by atoms with van der Waals surface area (Å²) in [7, 11) is 0. The average molecular weight is 324 g/mol. The molecule has 0 saturated carbocycles. The molecule has 0 aliphatic carbocycles. The Morgan fingerprint density at radius 2 is 2.29 bits per heavy atom. The number of thiophene rings is 1. The van der Waals surface area contributed by atoms with Gasteiger partial charge in [0, 0.05) is 11.3 Å². The Bertz CT molecular complexity index is 608. The summed E-state index contributed by atoms with van der Waals surface area (Å²) in [6.07, 6.45) is 3.48. The molecule has 0 fully saturated rings. The van der Waals surface area contributed by atoms with Crippen molar-refractivity contribution in [3.63, 3.8) is 0 Å². The van der Waals surface area contributed by atoms with E-state index in [1.807, 2.05) is 18.4 Å². The van der Waals surface area contributed by atoms with Gasteiger partial charge in [0.1, 0.15) is 9.88 Å². The van der Waals surface area contributed by atoms with Crippen LogP contribution in [0, 0.1) is 0 Å². The number of carbonyl (C=O) groups is 2. The Morgan fingerprint density at radius 3 is 2.90 bits per heavy atom. The maximum Gasteiger partial charge on any atom is 0.347 e. The Labute approximate surface area is 130 Å². The number of hydrogen-bond acceptors (Lipinski definition) is 5. The van der Waals surface area contributed by atoms with Crippen molar-refractivity contribution in [1.82, 2.24) is 10.3 Å². The van der Waals surface area contributed by atoms with Crippen LogP contribution in [0.1, 0.15) is 45.4 Å². The third-order valence-electron chi connectivity index (χ3n) is 2.89. The molecule has 1 unspecified atom stereocenters. The number of amides is 1. The Hall–Kier alpha value is -1.73. The maximum atomic E-state index is 11.8. The van der Waals surface area contributed by atoms with Gasteiger partial charge in [-0.15, -0.1) is 22.7 Å². The fraction of sp³-hybridized carbons (Fsp3) is 0.357. The van der Waals surface area contributed by atoms with E-state index in [1.54, 1.807) is 11.3 Å². The number of carboxylic acid groups (broad SMARTS) is 1. The quantitative estimate of drug-likeness (QED) is 0.820. The van der Waals surface area contributed by atoms with Crippen molar-refractivity contribution < 1.29 is 14.7 Å².